The number of carbonyl (C=O) groups is 1. The fraction of sp³-hybridized carbons (Fsp3) is 0.250. The Hall–Kier alpha value is -2.55. The molecule has 1 aliphatic rings. The third-order valence-corrected chi connectivity index (χ3v) is 4.97. The second-order valence-electron chi connectivity index (χ2n) is 6.38. The van der Waals surface area contributed by atoms with Gasteiger partial charge in [-0.2, -0.15) is 0 Å². The standard InChI is InChI=1S/C20H20N2O/c1-13-14(2)21-19-8-7-16(11-18(13)19)20(23)22-10-9-15-5-3-4-6-17(15)12-22/h3-8,11,21H,9-10,12H2,1-2H3. The first kappa shape index (κ1) is 14.1. The molecule has 3 aromatic rings. The number of hydrogen-bond donors (Lipinski definition) is 1. The SMILES string of the molecule is Cc1[nH]c2ccc(C(=O)N3CCc4ccccc4C3)cc2c1C. The van der Waals surface area contributed by atoms with E-state index in [2.05, 4.69) is 37.0 Å². The first-order valence-electron chi connectivity index (χ1n) is 8.08. The zero-order valence-electron chi connectivity index (χ0n) is 13.5. The summed E-state index contributed by atoms with van der Waals surface area (Å²) in [5.41, 5.74) is 6.89. The smallest absolute Gasteiger partial charge is 0.254 e. The fourth-order valence-corrected chi connectivity index (χ4v) is 3.45. The quantitative estimate of drug-likeness (QED) is 0.725. The lowest BCUT2D eigenvalue weighted by Crippen LogP contribution is -2.35. The Balaban J connectivity index is 1.66. The lowest BCUT2D eigenvalue weighted by molar-refractivity contribution is 0.0735. The second kappa shape index (κ2) is 5.27. The summed E-state index contributed by atoms with van der Waals surface area (Å²) in [6.45, 7) is 5.66. The van der Waals surface area contributed by atoms with Crippen LogP contribution in [0.2, 0.25) is 0 Å². The van der Waals surface area contributed by atoms with Crippen molar-refractivity contribution in [3.63, 3.8) is 0 Å². The van der Waals surface area contributed by atoms with Crippen molar-refractivity contribution < 1.29 is 4.79 Å². The summed E-state index contributed by atoms with van der Waals surface area (Å²) in [5, 5.41) is 1.14. The summed E-state index contributed by atoms with van der Waals surface area (Å²) in [5.74, 6) is 0.125. The topological polar surface area (TPSA) is 36.1 Å². The maximum atomic E-state index is 12.9. The molecule has 2 heterocycles. The molecule has 0 saturated carbocycles. The van der Waals surface area contributed by atoms with Gasteiger partial charge in [0.15, 0.2) is 0 Å². The molecule has 1 amide bonds. The number of H-pyrrole nitrogens is 1. The van der Waals surface area contributed by atoms with Crippen LogP contribution in [0.3, 0.4) is 0 Å². The number of nitrogens with zero attached hydrogens (tertiary/aromatic N) is 1. The highest BCUT2D eigenvalue weighted by Crippen LogP contribution is 2.25. The van der Waals surface area contributed by atoms with Gasteiger partial charge in [-0.1, -0.05) is 24.3 Å². The lowest BCUT2D eigenvalue weighted by Gasteiger charge is -2.29. The van der Waals surface area contributed by atoms with E-state index in [1.165, 1.54) is 16.7 Å². The van der Waals surface area contributed by atoms with Gasteiger partial charge in [-0.3, -0.25) is 4.79 Å². The largest absolute Gasteiger partial charge is 0.358 e. The highest BCUT2D eigenvalue weighted by atomic mass is 16.2. The predicted octanol–water partition coefficient (Wildman–Crippen LogP) is 3.98. The highest BCUT2D eigenvalue weighted by Gasteiger charge is 2.22. The molecule has 2 aromatic carbocycles. The van der Waals surface area contributed by atoms with Gasteiger partial charge in [-0.15, -0.1) is 0 Å². The molecular weight excluding hydrogens is 284 g/mol. The van der Waals surface area contributed by atoms with Gasteiger partial charge >= 0.3 is 0 Å². The van der Waals surface area contributed by atoms with Gasteiger partial charge in [0.2, 0.25) is 0 Å². The van der Waals surface area contributed by atoms with E-state index < -0.39 is 0 Å². The van der Waals surface area contributed by atoms with Crippen molar-refractivity contribution in [3.8, 4) is 0 Å². The van der Waals surface area contributed by atoms with E-state index in [4.69, 9.17) is 0 Å². The van der Waals surface area contributed by atoms with Gasteiger partial charge in [-0.25, -0.2) is 0 Å². The molecule has 4 rings (SSSR count). The molecule has 0 bridgehead atoms. The van der Waals surface area contributed by atoms with Crippen LogP contribution in [0.5, 0.6) is 0 Å². The van der Waals surface area contributed by atoms with E-state index in [0.717, 1.165) is 35.1 Å². The number of carbonyl (C=O) groups excluding carboxylic acids is 1. The summed E-state index contributed by atoms with van der Waals surface area (Å²) in [6, 6.07) is 14.4. The third kappa shape index (κ3) is 2.33. The minimum atomic E-state index is 0.125. The van der Waals surface area contributed by atoms with Crippen molar-refractivity contribution in [1.29, 1.82) is 0 Å². The molecule has 0 aliphatic carbocycles. The van der Waals surface area contributed by atoms with Crippen molar-refractivity contribution in [1.82, 2.24) is 9.88 Å². The first-order valence-corrected chi connectivity index (χ1v) is 8.08. The summed E-state index contributed by atoms with van der Waals surface area (Å²) in [6.07, 6.45) is 0.937. The van der Waals surface area contributed by atoms with Crippen LogP contribution in [0.25, 0.3) is 10.9 Å². The predicted molar refractivity (Wildman–Crippen MR) is 92.7 cm³/mol. The Morgan fingerprint density at radius 1 is 1.09 bits per heavy atom. The van der Waals surface area contributed by atoms with Crippen LogP contribution in [0.4, 0.5) is 0 Å². The van der Waals surface area contributed by atoms with Crippen LogP contribution in [0, 0.1) is 13.8 Å². The van der Waals surface area contributed by atoms with E-state index >= 15 is 0 Å². The molecule has 116 valence electrons. The maximum absolute atomic E-state index is 12.9. The van der Waals surface area contributed by atoms with Crippen molar-refractivity contribution >= 4 is 16.8 Å². The Labute approximate surface area is 135 Å². The molecule has 0 spiro atoms. The van der Waals surface area contributed by atoms with Gasteiger partial charge in [0.05, 0.1) is 0 Å². The normalized spacial score (nSPS) is 14.1. The molecule has 0 radical (unpaired) electrons. The number of aromatic nitrogens is 1. The number of fused-ring (bicyclic) bond motifs is 2. The van der Waals surface area contributed by atoms with Gasteiger partial charge in [0.1, 0.15) is 0 Å². The molecule has 1 aromatic heterocycles. The summed E-state index contributed by atoms with van der Waals surface area (Å²) in [7, 11) is 0. The van der Waals surface area contributed by atoms with Crippen LogP contribution in [0.15, 0.2) is 42.5 Å². The Morgan fingerprint density at radius 3 is 2.70 bits per heavy atom. The average Bonchev–Trinajstić information content (AvgIpc) is 2.88. The minimum absolute atomic E-state index is 0.125. The molecule has 0 atom stereocenters. The van der Waals surface area contributed by atoms with Crippen molar-refractivity contribution in [3.05, 3.63) is 70.4 Å². The number of hydrogen-bond acceptors (Lipinski definition) is 1. The zero-order valence-corrected chi connectivity index (χ0v) is 13.5. The monoisotopic (exact) mass is 304 g/mol. The highest BCUT2D eigenvalue weighted by molar-refractivity contribution is 5.99. The first-order chi connectivity index (χ1) is 11.1. The van der Waals surface area contributed by atoms with E-state index in [1.807, 2.05) is 29.2 Å². The zero-order chi connectivity index (χ0) is 16.0. The number of aromatic amines is 1. The number of rotatable bonds is 1. The Bertz CT molecular complexity index is 907. The Kier molecular flexibility index (Phi) is 3.22. The summed E-state index contributed by atoms with van der Waals surface area (Å²) >= 11 is 0. The van der Waals surface area contributed by atoms with Crippen LogP contribution in [0.1, 0.15) is 32.7 Å². The molecule has 3 nitrogen and oxygen atoms in total. The average molecular weight is 304 g/mol. The van der Waals surface area contributed by atoms with Crippen molar-refractivity contribution in [2.24, 2.45) is 0 Å². The number of nitrogens with one attached hydrogen (secondary N) is 1. The minimum Gasteiger partial charge on any atom is -0.358 e. The molecule has 23 heavy (non-hydrogen) atoms. The van der Waals surface area contributed by atoms with E-state index in [0.29, 0.717) is 6.54 Å². The third-order valence-electron chi connectivity index (χ3n) is 4.97. The van der Waals surface area contributed by atoms with E-state index in [-0.39, 0.29) is 5.91 Å². The fourth-order valence-electron chi connectivity index (χ4n) is 3.45. The molecule has 1 N–H and O–H groups in total. The van der Waals surface area contributed by atoms with E-state index in [1.54, 1.807) is 0 Å². The summed E-state index contributed by atoms with van der Waals surface area (Å²) < 4.78 is 0. The number of benzene rings is 2. The van der Waals surface area contributed by atoms with Crippen LogP contribution < -0.4 is 0 Å². The van der Waals surface area contributed by atoms with Crippen molar-refractivity contribution in [2.75, 3.05) is 6.54 Å². The van der Waals surface area contributed by atoms with Crippen molar-refractivity contribution in [2.45, 2.75) is 26.8 Å². The van der Waals surface area contributed by atoms with Crippen LogP contribution >= 0.6 is 0 Å². The van der Waals surface area contributed by atoms with Gasteiger partial charge < -0.3 is 9.88 Å². The molecule has 3 heteroatoms. The van der Waals surface area contributed by atoms with Gasteiger partial charge in [-0.05, 0) is 55.2 Å². The summed E-state index contributed by atoms with van der Waals surface area (Å²) in [4.78, 5) is 18.2. The molecule has 0 saturated heterocycles. The second-order valence-corrected chi connectivity index (χ2v) is 6.38. The molecule has 0 unspecified atom stereocenters. The molecule has 1 aliphatic heterocycles. The Morgan fingerprint density at radius 2 is 1.87 bits per heavy atom. The van der Waals surface area contributed by atoms with E-state index in [9.17, 15) is 4.79 Å². The number of amides is 1. The molecule has 0 fully saturated rings. The van der Waals surface area contributed by atoms with Crippen LogP contribution in [-0.4, -0.2) is 22.3 Å². The lowest BCUT2D eigenvalue weighted by atomic mass is 9.99. The number of aryl methyl sites for hydroxylation is 2. The van der Waals surface area contributed by atoms with Crippen LogP contribution in [-0.2, 0) is 13.0 Å². The maximum Gasteiger partial charge on any atom is 0.254 e. The molecular formula is C20H20N2O. The van der Waals surface area contributed by atoms with Gasteiger partial charge in [0.25, 0.3) is 5.91 Å². The van der Waals surface area contributed by atoms with Gasteiger partial charge in [0, 0.05) is 35.2 Å².